The summed E-state index contributed by atoms with van der Waals surface area (Å²) >= 11 is 0. The standard InChI is InChI=1S/C33H41NO2/c1-20(2)9-8-13-33(7)16-12-24-30-26(17-22(5)31(24)36-33)25-18-27(29(35)19-28(25)34-30)32(6)14-10-23(11-15-32)21(3)4/h9-10,12,14,16-19,21,23,34-35H,8,11,13,15H2,1-7H3. The van der Waals surface area contributed by atoms with Gasteiger partial charge in [0.2, 0.25) is 0 Å². The fourth-order valence-corrected chi connectivity index (χ4v) is 6.04. The number of hydrogen-bond acceptors (Lipinski definition) is 2. The number of phenols is 1. The van der Waals surface area contributed by atoms with Crippen LogP contribution in [0.5, 0.6) is 11.5 Å². The molecule has 3 aromatic rings. The predicted octanol–water partition coefficient (Wildman–Crippen LogP) is 9.13. The van der Waals surface area contributed by atoms with Crippen molar-refractivity contribution >= 4 is 27.9 Å². The minimum Gasteiger partial charge on any atom is -0.508 e. The molecule has 2 aliphatic rings. The molecule has 0 bridgehead atoms. The molecule has 0 fully saturated rings. The topological polar surface area (TPSA) is 45.2 Å². The number of ether oxygens (including phenoxy) is 1. The Morgan fingerprint density at radius 1 is 1.17 bits per heavy atom. The molecule has 3 unspecified atom stereocenters. The summed E-state index contributed by atoms with van der Waals surface area (Å²) in [5.41, 5.74) is 6.18. The summed E-state index contributed by atoms with van der Waals surface area (Å²) in [5.74, 6) is 2.59. The zero-order valence-corrected chi connectivity index (χ0v) is 23.0. The molecule has 36 heavy (non-hydrogen) atoms. The highest BCUT2D eigenvalue weighted by molar-refractivity contribution is 6.11. The van der Waals surface area contributed by atoms with E-state index in [2.05, 4.69) is 96.0 Å². The summed E-state index contributed by atoms with van der Waals surface area (Å²) in [7, 11) is 0. The monoisotopic (exact) mass is 483 g/mol. The third-order valence-electron chi connectivity index (χ3n) is 8.50. The van der Waals surface area contributed by atoms with E-state index in [1.54, 1.807) is 0 Å². The van der Waals surface area contributed by atoms with Gasteiger partial charge in [-0.05, 0) is 95.1 Å². The number of H-pyrrole nitrogens is 1. The Bertz CT molecular complexity index is 1410. The van der Waals surface area contributed by atoms with Crippen LogP contribution in [0.4, 0.5) is 0 Å². The van der Waals surface area contributed by atoms with E-state index in [4.69, 9.17) is 4.74 Å². The lowest BCUT2D eigenvalue weighted by atomic mass is 9.70. The van der Waals surface area contributed by atoms with Gasteiger partial charge in [-0.3, -0.25) is 0 Å². The zero-order chi connectivity index (χ0) is 25.8. The van der Waals surface area contributed by atoms with Crippen LogP contribution in [-0.2, 0) is 5.41 Å². The van der Waals surface area contributed by atoms with Crippen molar-refractivity contribution in [3.8, 4) is 11.5 Å². The second-order valence-corrected chi connectivity index (χ2v) is 12.2. The Balaban J connectivity index is 1.57. The van der Waals surface area contributed by atoms with Crippen LogP contribution in [-0.4, -0.2) is 15.7 Å². The van der Waals surface area contributed by atoms with Crippen molar-refractivity contribution in [3.63, 3.8) is 0 Å². The number of hydrogen-bond donors (Lipinski definition) is 2. The molecule has 2 heterocycles. The number of fused-ring (bicyclic) bond motifs is 5. The number of nitrogens with one attached hydrogen (secondary N) is 1. The second-order valence-electron chi connectivity index (χ2n) is 12.2. The van der Waals surface area contributed by atoms with Gasteiger partial charge in [-0.1, -0.05) is 44.6 Å². The minimum absolute atomic E-state index is 0.160. The normalized spacial score (nSPS) is 25.4. The molecule has 2 aromatic carbocycles. The molecule has 5 rings (SSSR count). The molecule has 0 radical (unpaired) electrons. The molecule has 1 aromatic heterocycles. The van der Waals surface area contributed by atoms with E-state index >= 15 is 0 Å². The summed E-state index contributed by atoms with van der Waals surface area (Å²) in [6, 6.07) is 6.38. The lowest BCUT2D eigenvalue weighted by molar-refractivity contribution is 0.128. The molecule has 0 spiro atoms. The molecule has 1 aliphatic carbocycles. The summed E-state index contributed by atoms with van der Waals surface area (Å²) < 4.78 is 6.63. The Hall–Kier alpha value is -2.94. The third kappa shape index (κ3) is 4.27. The highest BCUT2D eigenvalue weighted by Crippen LogP contribution is 2.46. The van der Waals surface area contributed by atoms with Gasteiger partial charge < -0.3 is 14.8 Å². The Morgan fingerprint density at radius 3 is 2.61 bits per heavy atom. The van der Waals surface area contributed by atoms with Crippen molar-refractivity contribution in [2.75, 3.05) is 0 Å². The number of aromatic amines is 1. The van der Waals surface area contributed by atoms with Crippen molar-refractivity contribution < 1.29 is 9.84 Å². The average Bonchev–Trinajstić information content (AvgIpc) is 3.15. The van der Waals surface area contributed by atoms with Gasteiger partial charge in [-0.25, -0.2) is 0 Å². The van der Waals surface area contributed by atoms with E-state index in [-0.39, 0.29) is 11.0 Å². The van der Waals surface area contributed by atoms with Crippen molar-refractivity contribution in [2.24, 2.45) is 11.8 Å². The highest BCUT2D eigenvalue weighted by atomic mass is 16.5. The lowest BCUT2D eigenvalue weighted by Gasteiger charge is -2.34. The summed E-state index contributed by atoms with van der Waals surface area (Å²) in [6.07, 6.45) is 15.5. The molecule has 3 heteroatoms. The van der Waals surface area contributed by atoms with Gasteiger partial charge >= 0.3 is 0 Å². The maximum absolute atomic E-state index is 11.1. The number of aromatic nitrogens is 1. The Kier molecular flexibility index (Phi) is 6.09. The number of allylic oxidation sites excluding steroid dienone is 4. The van der Waals surface area contributed by atoms with Crippen LogP contribution in [0.1, 0.15) is 83.9 Å². The van der Waals surface area contributed by atoms with Crippen LogP contribution in [0.2, 0.25) is 0 Å². The summed E-state index contributed by atoms with van der Waals surface area (Å²) in [4.78, 5) is 3.61. The SMILES string of the molecule is CC(C)=CCCC1(C)C=Cc2c(c(C)cc3c2[nH]c2cc(O)c(C4(C)C=CC(C(C)C)CC4)cc23)O1. The molecular formula is C33H41NO2. The first-order chi connectivity index (χ1) is 17.0. The van der Waals surface area contributed by atoms with Crippen molar-refractivity contribution in [1.29, 1.82) is 0 Å². The van der Waals surface area contributed by atoms with Crippen LogP contribution < -0.4 is 4.74 Å². The molecular weight excluding hydrogens is 442 g/mol. The predicted molar refractivity (Wildman–Crippen MR) is 153 cm³/mol. The van der Waals surface area contributed by atoms with E-state index in [9.17, 15) is 5.11 Å². The summed E-state index contributed by atoms with van der Waals surface area (Å²) in [5, 5.41) is 13.5. The van der Waals surface area contributed by atoms with E-state index in [1.165, 1.54) is 11.0 Å². The van der Waals surface area contributed by atoms with E-state index in [1.807, 2.05) is 6.07 Å². The van der Waals surface area contributed by atoms with Gasteiger partial charge in [0.25, 0.3) is 0 Å². The number of rotatable bonds is 5. The Labute approximate surface area is 215 Å². The molecule has 0 amide bonds. The van der Waals surface area contributed by atoms with E-state index < -0.39 is 0 Å². The molecule has 3 atom stereocenters. The van der Waals surface area contributed by atoms with Crippen molar-refractivity contribution in [2.45, 2.75) is 85.2 Å². The second kappa shape index (κ2) is 8.87. The average molecular weight is 484 g/mol. The molecule has 3 nitrogen and oxygen atoms in total. The van der Waals surface area contributed by atoms with Gasteiger partial charge in [0.05, 0.1) is 11.0 Å². The largest absolute Gasteiger partial charge is 0.508 e. The molecule has 1 aliphatic heterocycles. The molecule has 0 saturated heterocycles. The van der Waals surface area contributed by atoms with E-state index in [0.717, 1.165) is 64.5 Å². The van der Waals surface area contributed by atoms with Crippen LogP contribution in [0.3, 0.4) is 0 Å². The molecule has 2 N–H and O–H groups in total. The Morgan fingerprint density at radius 2 is 1.94 bits per heavy atom. The third-order valence-corrected chi connectivity index (χ3v) is 8.50. The van der Waals surface area contributed by atoms with E-state index in [0.29, 0.717) is 17.6 Å². The smallest absolute Gasteiger partial charge is 0.132 e. The van der Waals surface area contributed by atoms with Gasteiger partial charge in [-0.15, -0.1) is 0 Å². The number of benzene rings is 2. The first-order valence-corrected chi connectivity index (χ1v) is 13.5. The number of aryl methyl sites for hydroxylation is 1. The number of aromatic hydroxyl groups is 1. The van der Waals surface area contributed by atoms with Crippen LogP contribution in [0, 0.1) is 18.8 Å². The quantitative estimate of drug-likeness (QED) is 0.355. The maximum Gasteiger partial charge on any atom is 0.132 e. The number of phenolic OH excluding ortho intramolecular Hbond substituents is 1. The zero-order valence-electron chi connectivity index (χ0n) is 23.0. The lowest BCUT2D eigenvalue weighted by Crippen LogP contribution is -2.32. The maximum atomic E-state index is 11.1. The first-order valence-electron chi connectivity index (χ1n) is 13.5. The first kappa shape index (κ1) is 24.7. The van der Waals surface area contributed by atoms with Crippen LogP contribution >= 0.6 is 0 Å². The minimum atomic E-state index is -0.315. The van der Waals surface area contributed by atoms with Crippen molar-refractivity contribution in [1.82, 2.24) is 4.98 Å². The van der Waals surface area contributed by atoms with Gasteiger partial charge in [-0.2, -0.15) is 0 Å². The van der Waals surface area contributed by atoms with Crippen LogP contribution in [0.25, 0.3) is 27.9 Å². The molecule has 0 saturated carbocycles. The fraction of sp³-hybridized carbons (Fsp3) is 0.455. The molecule has 190 valence electrons. The fourth-order valence-electron chi connectivity index (χ4n) is 6.04. The van der Waals surface area contributed by atoms with Gasteiger partial charge in [0.1, 0.15) is 17.1 Å². The van der Waals surface area contributed by atoms with Crippen LogP contribution in [0.15, 0.2) is 48.1 Å². The van der Waals surface area contributed by atoms with Gasteiger partial charge in [0, 0.05) is 33.4 Å². The summed E-state index contributed by atoms with van der Waals surface area (Å²) in [6.45, 7) is 15.4. The van der Waals surface area contributed by atoms with Crippen molar-refractivity contribution in [3.05, 3.63) is 64.8 Å². The van der Waals surface area contributed by atoms with Gasteiger partial charge in [0.15, 0.2) is 0 Å². The highest BCUT2D eigenvalue weighted by Gasteiger charge is 2.33.